The standard InChI is InChI=1S/C9H20O4Si/c1-4-5-14(3,10-2)13-8-11-6-9-7-12-9/h9H,4-8H2,1-3H3. The van der Waals surface area contributed by atoms with Crippen molar-refractivity contribution in [2.45, 2.75) is 32.0 Å². The van der Waals surface area contributed by atoms with Crippen LogP contribution in [-0.4, -0.2) is 41.8 Å². The van der Waals surface area contributed by atoms with Crippen molar-refractivity contribution in [3.05, 3.63) is 0 Å². The fourth-order valence-electron chi connectivity index (χ4n) is 1.20. The van der Waals surface area contributed by atoms with Crippen LogP contribution in [0.1, 0.15) is 13.3 Å². The molecule has 2 atom stereocenters. The summed E-state index contributed by atoms with van der Waals surface area (Å²) in [6, 6.07) is 1.01. The molecule has 1 saturated heterocycles. The van der Waals surface area contributed by atoms with Crippen molar-refractivity contribution in [3.63, 3.8) is 0 Å². The van der Waals surface area contributed by atoms with E-state index >= 15 is 0 Å². The Bertz CT molecular complexity index is 163. The maximum absolute atomic E-state index is 5.64. The van der Waals surface area contributed by atoms with Crippen LogP contribution >= 0.6 is 0 Å². The first-order valence-electron chi connectivity index (χ1n) is 5.08. The minimum atomic E-state index is -1.94. The summed E-state index contributed by atoms with van der Waals surface area (Å²) in [5.41, 5.74) is 0. The van der Waals surface area contributed by atoms with Crippen molar-refractivity contribution in [1.82, 2.24) is 0 Å². The van der Waals surface area contributed by atoms with E-state index in [2.05, 4.69) is 13.5 Å². The minimum Gasteiger partial charge on any atom is -0.398 e. The molecule has 2 unspecified atom stereocenters. The van der Waals surface area contributed by atoms with Gasteiger partial charge >= 0.3 is 8.56 Å². The van der Waals surface area contributed by atoms with E-state index in [1.54, 1.807) is 7.11 Å². The van der Waals surface area contributed by atoms with Gasteiger partial charge in [-0.05, 0) is 12.6 Å². The van der Waals surface area contributed by atoms with Gasteiger partial charge in [-0.15, -0.1) is 0 Å². The summed E-state index contributed by atoms with van der Waals surface area (Å²) in [7, 11) is -0.227. The molecule has 1 fully saturated rings. The van der Waals surface area contributed by atoms with Crippen LogP contribution in [0.4, 0.5) is 0 Å². The lowest BCUT2D eigenvalue weighted by Gasteiger charge is -2.24. The Kier molecular flexibility index (Phi) is 5.04. The van der Waals surface area contributed by atoms with Crippen molar-refractivity contribution < 1.29 is 18.3 Å². The molecule has 0 saturated carbocycles. The Balaban J connectivity index is 2.05. The molecule has 0 aromatic rings. The lowest BCUT2D eigenvalue weighted by molar-refractivity contribution is -0.0119. The molecule has 0 aromatic carbocycles. The summed E-state index contributed by atoms with van der Waals surface area (Å²) in [6.45, 7) is 5.99. The minimum absolute atomic E-state index is 0.306. The van der Waals surface area contributed by atoms with Gasteiger partial charge in [0.2, 0.25) is 0 Å². The predicted molar refractivity (Wildman–Crippen MR) is 55.4 cm³/mol. The van der Waals surface area contributed by atoms with Crippen LogP contribution in [-0.2, 0) is 18.3 Å². The van der Waals surface area contributed by atoms with E-state index in [9.17, 15) is 0 Å². The summed E-state index contributed by atoms with van der Waals surface area (Å²) in [5, 5.41) is 0. The maximum Gasteiger partial charge on any atom is 0.336 e. The molecule has 0 aliphatic carbocycles. The Labute approximate surface area is 86.7 Å². The molecule has 1 aliphatic rings. The van der Waals surface area contributed by atoms with E-state index in [-0.39, 0.29) is 0 Å². The first-order chi connectivity index (χ1) is 6.70. The summed E-state index contributed by atoms with van der Waals surface area (Å²) in [4.78, 5) is 0. The third-order valence-electron chi connectivity index (χ3n) is 2.29. The van der Waals surface area contributed by atoms with E-state index in [0.29, 0.717) is 19.5 Å². The summed E-state index contributed by atoms with van der Waals surface area (Å²) in [6.07, 6.45) is 1.39. The van der Waals surface area contributed by atoms with Gasteiger partial charge in [0, 0.05) is 7.11 Å². The van der Waals surface area contributed by atoms with E-state index < -0.39 is 8.56 Å². The van der Waals surface area contributed by atoms with E-state index in [1.807, 2.05) is 0 Å². The highest BCUT2D eigenvalue weighted by molar-refractivity contribution is 6.65. The van der Waals surface area contributed by atoms with E-state index in [1.165, 1.54) is 0 Å². The molecule has 84 valence electrons. The van der Waals surface area contributed by atoms with Gasteiger partial charge in [0.25, 0.3) is 0 Å². The van der Waals surface area contributed by atoms with Gasteiger partial charge in [-0.25, -0.2) is 0 Å². The second-order valence-electron chi connectivity index (χ2n) is 3.68. The number of rotatable bonds is 8. The van der Waals surface area contributed by atoms with Crippen LogP contribution in [0.15, 0.2) is 0 Å². The Morgan fingerprint density at radius 2 is 2.21 bits per heavy atom. The predicted octanol–water partition coefficient (Wildman–Crippen LogP) is 1.50. The molecule has 1 rings (SSSR count). The molecule has 0 bridgehead atoms. The Morgan fingerprint density at radius 3 is 2.71 bits per heavy atom. The molecule has 0 aromatic heterocycles. The zero-order valence-electron chi connectivity index (χ0n) is 9.25. The summed E-state index contributed by atoms with van der Waals surface area (Å²) in [5.74, 6) is 0. The first-order valence-corrected chi connectivity index (χ1v) is 7.61. The van der Waals surface area contributed by atoms with Gasteiger partial charge in [0.15, 0.2) is 0 Å². The topological polar surface area (TPSA) is 40.2 Å². The van der Waals surface area contributed by atoms with Crippen molar-refractivity contribution in [3.8, 4) is 0 Å². The zero-order chi connectivity index (χ0) is 10.4. The van der Waals surface area contributed by atoms with Crippen LogP contribution in [0.5, 0.6) is 0 Å². The molecule has 0 amide bonds. The van der Waals surface area contributed by atoms with Crippen LogP contribution < -0.4 is 0 Å². The fourth-order valence-corrected chi connectivity index (χ4v) is 2.90. The van der Waals surface area contributed by atoms with E-state index in [0.717, 1.165) is 19.1 Å². The number of hydrogen-bond acceptors (Lipinski definition) is 4. The van der Waals surface area contributed by atoms with Crippen LogP contribution in [0.25, 0.3) is 0 Å². The zero-order valence-corrected chi connectivity index (χ0v) is 10.2. The molecule has 5 heteroatoms. The van der Waals surface area contributed by atoms with Crippen LogP contribution in [0.3, 0.4) is 0 Å². The molecule has 0 N–H and O–H groups in total. The largest absolute Gasteiger partial charge is 0.398 e. The lowest BCUT2D eigenvalue weighted by atomic mass is 10.5. The highest BCUT2D eigenvalue weighted by Crippen LogP contribution is 2.15. The van der Waals surface area contributed by atoms with Crippen molar-refractivity contribution >= 4 is 8.56 Å². The molecule has 4 nitrogen and oxygen atoms in total. The first kappa shape index (κ1) is 12.1. The molecule has 0 radical (unpaired) electrons. The number of epoxide rings is 1. The Hall–Kier alpha value is 0.0569. The van der Waals surface area contributed by atoms with Gasteiger partial charge in [0.1, 0.15) is 12.9 Å². The van der Waals surface area contributed by atoms with Gasteiger partial charge in [-0.3, -0.25) is 0 Å². The molecule has 1 heterocycles. The second-order valence-corrected chi connectivity index (χ2v) is 7.14. The van der Waals surface area contributed by atoms with Crippen LogP contribution in [0, 0.1) is 0 Å². The molecule has 1 aliphatic heterocycles. The van der Waals surface area contributed by atoms with Crippen molar-refractivity contribution in [2.24, 2.45) is 0 Å². The average molecular weight is 220 g/mol. The molecular weight excluding hydrogens is 200 g/mol. The van der Waals surface area contributed by atoms with Gasteiger partial charge in [-0.1, -0.05) is 13.3 Å². The van der Waals surface area contributed by atoms with Crippen molar-refractivity contribution in [1.29, 1.82) is 0 Å². The van der Waals surface area contributed by atoms with Gasteiger partial charge in [-0.2, -0.15) is 0 Å². The highest BCUT2D eigenvalue weighted by Gasteiger charge is 2.29. The van der Waals surface area contributed by atoms with E-state index in [4.69, 9.17) is 18.3 Å². The number of hydrogen-bond donors (Lipinski definition) is 0. The smallest absolute Gasteiger partial charge is 0.336 e. The van der Waals surface area contributed by atoms with Gasteiger partial charge < -0.3 is 18.3 Å². The quantitative estimate of drug-likeness (QED) is 0.269. The normalized spacial score (nSPS) is 24.6. The molecular formula is C9H20O4Si. The van der Waals surface area contributed by atoms with Gasteiger partial charge in [0.05, 0.1) is 13.2 Å². The monoisotopic (exact) mass is 220 g/mol. The van der Waals surface area contributed by atoms with Crippen LogP contribution in [0.2, 0.25) is 12.6 Å². The summed E-state index contributed by atoms with van der Waals surface area (Å²) >= 11 is 0. The lowest BCUT2D eigenvalue weighted by Crippen LogP contribution is -2.38. The molecule has 14 heavy (non-hydrogen) atoms. The third kappa shape index (κ3) is 4.52. The second kappa shape index (κ2) is 5.82. The highest BCUT2D eigenvalue weighted by atomic mass is 28.4. The third-order valence-corrected chi connectivity index (χ3v) is 5.29. The average Bonchev–Trinajstić information content (AvgIpc) is 2.97. The Morgan fingerprint density at radius 1 is 1.50 bits per heavy atom. The molecule has 0 spiro atoms. The SMILES string of the molecule is CCC[Si](C)(OC)OCOCC1CO1. The number of ether oxygens (including phenoxy) is 2. The fraction of sp³-hybridized carbons (Fsp3) is 1.00. The van der Waals surface area contributed by atoms with Crippen molar-refractivity contribution in [2.75, 3.05) is 27.1 Å². The summed E-state index contributed by atoms with van der Waals surface area (Å²) < 4.78 is 21.4. The maximum atomic E-state index is 5.64.